The van der Waals surface area contributed by atoms with Crippen LogP contribution in [0.1, 0.15) is 74.2 Å². The van der Waals surface area contributed by atoms with Crippen molar-refractivity contribution in [1.82, 2.24) is 0 Å². The maximum Gasteiger partial charge on any atom is 0.303 e. The molecule has 0 aromatic heterocycles. The largest absolute Gasteiger partial charge is 0.494 e. The van der Waals surface area contributed by atoms with Gasteiger partial charge in [-0.05, 0) is 67.6 Å². The van der Waals surface area contributed by atoms with Gasteiger partial charge in [-0.3, -0.25) is 9.59 Å². The molecule has 0 spiro atoms. The number of aryl methyl sites for hydroxylation is 1. The van der Waals surface area contributed by atoms with Crippen molar-refractivity contribution in [3.8, 4) is 5.75 Å². The molecule has 0 saturated carbocycles. The van der Waals surface area contributed by atoms with Gasteiger partial charge in [0, 0.05) is 17.7 Å². The molecule has 2 aromatic rings. The minimum absolute atomic E-state index is 0.157. The molecule has 0 saturated heterocycles. The summed E-state index contributed by atoms with van der Waals surface area (Å²) < 4.78 is 5.74. The van der Waals surface area contributed by atoms with E-state index in [2.05, 4.69) is 12.2 Å². The molecule has 0 bridgehead atoms. The van der Waals surface area contributed by atoms with Crippen LogP contribution in [0.2, 0.25) is 0 Å². The Kier molecular flexibility index (Phi) is 10.5. The van der Waals surface area contributed by atoms with Crippen LogP contribution in [0, 0.1) is 0 Å². The number of benzene rings is 2. The minimum atomic E-state index is -0.755. The number of aliphatic carboxylic acids is 1. The second-order valence-corrected chi connectivity index (χ2v) is 7.54. The average molecular weight is 412 g/mol. The number of carboxylic acid groups (broad SMARTS) is 1. The first-order valence-corrected chi connectivity index (χ1v) is 10.9. The molecular weight excluding hydrogens is 378 g/mol. The summed E-state index contributed by atoms with van der Waals surface area (Å²) >= 11 is 0. The van der Waals surface area contributed by atoms with Crippen LogP contribution in [0.5, 0.6) is 5.75 Å². The van der Waals surface area contributed by atoms with Crippen LogP contribution in [0.15, 0.2) is 48.5 Å². The van der Waals surface area contributed by atoms with Crippen molar-refractivity contribution in [1.29, 1.82) is 0 Å². The molecule has 0 aliphatic carbocycles. The number of amides is 1. The molecular formula is C25H33NO4. The number of carbonyl (C=O) groups is 2. The van der Waals surface area contributed by atoms with Crippen LogP contribution in [0.25, 0.3) is 0 Å². The van der Waals surface area contributed by atoms with Crippen LogP contribution >= 0.6 is 0 Å². The van der Waals surface area contributed by atoms with Crippen molar-refractivity contribution in [2.75, 3.05) is 11.9 Å². The standard InChI is InChI=1S/C25H33NO4/c1-2-3-4-5-8-19-30-23-17-13-21(14-18-23)25(29)26-22-15-11-20(12-16-22)9-6-7-10-24(27)28/h11-18H,2-10,19H2,1H3,(H,26,29)(H,27,28). The second-order valence-electron chi connectivity index (χ2n) is 7.54. The topological polar surface area (TPSA) is 75.6 Å². The fraction of sp³-hybridized carbons (Fsp3) is 0.440. The normalized spacial score (nSPS) is 10.6. The molecule has 1 amide bonds. The predicted molar refractivity (Wildman–Crippen MR) is 120 cm³/mol. The van der Waals surface area contributed by atoms with Crippen LogP contribution in [-0.2, 0) is 11.2 Å². The van der Waals surface area contributed by atoms with Gasteiger partial charge in [-0.15, -0.1) is 0 Å². The molecule has 2 aromatic carbocycles. The Morgan fingerprint density at radius 1 is 0.867 bits per heavy atom. The van der Waals surface area contributed by atoms with Gasteiger partial charge in [-0.2, -0.15) is 0 Å². The Bertz CT molecular complexity index is 769. The Labute approximate surface area is 179 Å². The van der Waals surface area contributed by atoms with Crippen LogP contribution in [0.3, 0.4) is 0 Å². The minimum Gasteiger partial charge on any atom is -0.494 e. The molecule has 0 aliphatic rings. The lowest BCUT2D eigenvalue weighted by atomic mass is 10.1. The van der Waals surface area contributed by atoms with Gasteiger partial charge in [0.1, 0.15) is 5.75 Å². The summed E-state index contributed by atoms with van der Waals surface area (Å²) in [6.07, 6.45) is 8.57. The SMILES string of the molecule is CCCCCCCOc1ccc(C(=O)Nc2ccc(CCCCC(=O)O)cc2)cc1. The van der Waals surface area contributed by atoms with E-state index in [0.717, 1.165) is 36.3 Å². The quantitative estimate of drug-likeness (QED) is 0.369. The number of anilines is 1. The van der Waals surface area contributed by atoms with Gasteiger partial charge in [0.05, 0.1) is 6.61 Å². The molecule has 5 heteroatoms. The highest BCUT2D eigenvalue weighted by Crippen LogP contribution is 2.16. The van der Waals surface area contributed by atoms with Gasteiger partial charge in [0.25, 0.3) is 5.91 Å². The van der Waals surface area contributed by atoms with Crippen molar-refractivity contribution in [2.45, 2.75) is 64.7 Å². The van der Waals surface area contributed by atoms with Gasteiger partial charge >= 0.3 is 5.97 Å². The predicted octanol–water partition coefficient (Wildman–Crippen LogP) is 6.09. The maximum atomic E-state index is 12.4. The second kappa shape index (κ2) is 13.4. The number of nitrogens with one attached hydrogen (secondary N) is 1. The smallest absolute Gasteiger partial charge is 0.303 e. The third kappa shape index (κ3) is 9.12. The molecule has 0 unspecified atom stereocenters. The Hall–Kier alpha value is -2.82. The van der Waals surface area contributed by atoms with Gasteiger partial charge in [-0.25, -0.2) is 0 Å². The van der Waals surface area contributed by atoms with E-state index >= 15 is 0 Å². The summed E-state index contributed by atoms with van der Waals surface area (Å²) in [4.78, 5) is 23.0. The number of rotatable bonds is 14. The zero-order chi connectivity index (χ0) is 21.6. The van der Waals surface area contributed by atoms with Crippen molar-refractivity contribution in [2.24, 2.45) is 0 Å². The van der Waals surface area contributed by atoms with Crippen LogP contribution in [0.4, 0.5) is 5.69 Å². The molecule has 162 valence electrons. The van der Waals surface area contributed by atoms with Gasteiger partial charge in [0.15, 0.2) is 0 Å². The summed E-state index contributed by atoms with van der Waals surface area (Å²) in [5, 5.41) is 11.6. The molecule has 2 rings (SSSR count). The number of hydrogen-bond acceptors (Lipinski definition) is 3. The maximum absolute atomic E-state index is 12.4. The summed E-state index contributed by atoms with van der Waals surface area (Å²) in [7, 11) is 0. The number of unbranched alkanes of at least 4 members (excludes halogenated alkanes) is 5. The summed E-state index contributed by atoms with van der Waals surface area (Å²) in [5.74, 6) is -0.125. The van der Waals surface area contributed by atoms with Crippen LogP contribution in [-0.4, -0.2) is 23.6 Å². The van der Waals surface area contributed by atoms with Gasteiger partial charge in [-0.1, -0.05) is 44.7 Å². The number of carboxylic acids is 1. The highest BCUT2D eigenvalue weighted by Gasteiger charge is 2.07. The lowest BCUT2D eigenvalue weighted by Gasteiger charge is -2.09. The number of carbonyl (C=O) groups excluding carboxylic acids is 1. The first-order chi connectivity index (χ1) is 14.6. The zero-order valence-corrected chi connectivity index (χ0v) is 17.9. The number of ether oxygens (including phenoxy) is 1. The van der Waals surface area contributed by atoms with E-state index in [1.165, 1.54) is 25.7 Å². The molecule has 0 radical (unpaired) electrons. The fourth-order valence-corrected chi connectivity index (χ4v) is 3.16. The Balaban J connectivity index is 1.74. The molecule has 0 fully saturated rings. The van der Waals surface area contributed by atoms with Crippen molar-refractivity contribution < 1.29 is 19.4 Å². The highest BCUT2D eigenvalue weighted by molar-refractivity contribution is 6.04. The Morgan fingerprint density at radius 3 is 2.23 bits per heavy atom. The zero-order valence-electron chi connectivity index (χ0n) is 17.9. The van der Waals surface area contributed by atoms with E-state index in [0.29, 0.717) is 18.6 Å². The molecule has 2 N–H and O–H groups in total. The fourth-order valence-electron chi connectivity index (χ4n) is 3.16. The van der Waals surface area contributed by atoms with Gasteiger partial charge < -0.3 is 15.2 Å². The monoisotopic (exact) mass is 411 g/mol. The molecule has 0 atom stereocenters. The third-order valence-electron chi connectivity index (χ3n) is 4.95. The van der Waals surface area contributed by atoms with E-state index < -0.39 is 5.97 Å². The Morgan fingerprint density at radius 2 is 1.57 bits per heavy atom. The van der Waals surface area contributed by atoms with E-state index in [1.54, 1.807) is 12.1 Å². The first-order valence-electron chi connectivity index (χ1n) is 10.9. The van der Waals surface area contributed by atoms with Crippen molar-refractivity contribution in [3.05, 3.63) is 59.7 Å². The van der Waals surface area contributed by atoms with Crippen molar-refractivity contribution in [3.63, 3.8) is 0 Å². The molecule has 5 nitrogen and oxygen atoms in total. The third-order valence-corrected chi connectivity index (χ3v) is 4.95. The number of hydrogen-bond donors (Lipinski definition) is 2. The van der Waals surface area contributed by atoms with E-state index in [-0.39, 0.29) is 12.3 Å². The van der Waals surface area contributed by atoms with E-state index in [9.17, 15) is 9.59 Å². The summed E-state index contributed by atoms with van der Waals surface area (Å²) in [5.41, 5.74) is 2.46. The molecule has 0 aliphatic heterocycles. The van der Waals surface area contributed by atoms with Crippen LogP contribution < -0.4 is 10.1 Å². The highest BCUT2D eigenvalue weighted by atomic mass is 16.5. The van der Waals surface area contributed by atoms with Crippen molar-refractivity contribution >= 4 is 17.6 Å². The summed E-state index contributed by atoms with van der Waals surface area (Å²) in [6.45, 7) is 2.91. The average Bonchev–Trinajstić information content (AvgIpc) is 2.75. The lowest BCUT2D eigenvalue weighted by molar-refractivity contribution is -0.137. The van der Waals surface area contributed by atoms with Gasteiger partial charge in [0.2, 0.25) is 0 Å². The van der Waals surface area contributed by atoms with E-state index in [1.807, 2.05) is 36.4 Å². The summed E-state index contributed by atoms with van der Waals surface area (Å²) in [6, 6.07) is 14.9. The molecule has 0 heterocycles. The van der Waals surface area contributed by atoms with E-state index in [4.69, 9.17) is 9.84 Å². The molecule has 30 heavy (non-hydrogen) atoms. The lowest BCUT2D eigenvalue weighted by Crippen LogP contribution is -2.11. The first kappa shape index (κ1) is 23.5.